The van der Waals surface area contributed by atoms with E-state index < -0.39 is 10.8 Å². The van der Waals surface area contributed by atoms with Gasteiger partial charge < -0.3 is 9.13 Å². The van der Waals surface area contributed by atoms with E-state index in [-0.39, 0.29) is 0 Å². The van der Waals surface area contributed by atoms with Gasteiger partial charge in [0.05, 0.1) is 55.3 Å². The number of hydrogen-bond donors (Lipinski definition) is 0. The molecule has 4 aromatic heterocycles. The lowest BCUT2D eigenvalue weighted by Gasteiger charge is -2.31. The Balaban J connectivity index is 0.632. The first-order valence-electron chi connectivity index (χ1n) is 48.0. The van der Waals surface area contributed by atoms with Gasteiger partial charge in [0.25, 0.3) is 0 Å². The van der Waals surface area contributed by atoms with E-state index in [2.05, 4.69) is 477 Å². The van der Waals surface area contributed by atoms with Crippen LogP contribution in [-0.2, 0) is 24.9 Å². The zero-order valence-electron chi connectivity index (χ0n) is 76.1. The van der Waals surface area contributed by atoms with E-state index >= 15 is 0 Å². The molecule has 0 amide bonds. The highest BCUT2D eigenvalue weighted by Crippen LogP contribution is 2.69. The first-order valence-corrected chi connectivity index (χ1v) is 48.0. The molecule has 0 aliphatic heterocycles. The molecule has 1 atom stereocenters. The normalized spacial score (nSPS) is 14.0. The minimum Gasteiger partial charge on any atom is -0.348 e. The van der Waals surface area contributed by atoms with Crippen LogP contribution in [0, 0.1) is 13.8 Å². The minimum atomic E-state index is -0.713. The largest absolute Gasteiger partial charge is 0.348 e. The number of aromatic nitrogens is 7. The van der Waals surface area contributed by atoms with Crippen LogP contribution in [-0.4, -0.2) is 33.2 Å². The predicted molar refractivity (Wildman–Crippen MR) is 572 cm³/mol. The molecular weight excluding hydrogens is 1670 g/mol. The van der Waals surface area contributed by atoms with Gasteiger partial charge in [0.1, 0.15) is 17.5 Å². The third kappa shape index (κ3) is 10.3. The van der Waals surface area contributed by atoms with Crippen LogP contribution in [0.5, 0.6) is 0 Å². The lowest BCUT2D eigenvalue weighted by atomic mass is 9.70. The summed E-state index contributed by atoms with van der Waals surface area (Å²) in [6, 6.07) is 164. The van der Waals surface area contributed by atoms with Gasteiger partial charge in [-0.1, -0.05) is 352 Å². The number of hydrogen-bond acceptors (Lipinski definition) is 3. The molecule has 7 heteroatoms. The molecule has 0 fully saturated rings. The average Bonchev–Trinajstić information content (AvgIpc) is 1.50. The van der Waals surface area contributed by atoms with E-state index in [1.807, 2.05) is 0 Å². The second-order valence-electron chi connectivity index (χ2n) is 38.3. The number of aryl methyl sites for hydroxylation is 4. The number of imidazole rings is 3. The highest BCUT2D eigenvalue weighted by molar-refractivity contribution is 6.25. The van der Waals surface area contributed by atoms with E-state index in [1.165, 1.54) is 182 Å². The lowest BCUT2D eigenvalue weighted by molar-refractivity contribution is 0.794. The van der Waals surface area contributed by atoms with Crippen molar-refractivity contribution in [2.75, 3.05) is 0 Å². The van der Waals surface area contributed by atoms with Crippen LogP contribution in [0.1, 0.15) is 56.0 Å². The molecule has 1 unspecified atom stereocenters. The standard InChI is InChI=1S/C131H83N7/c1-76-69-86-58-57-84(72-120(86)135(76)3)87-40-23-42-94-100(87)74-101-88(85-62-67-114-121(73-85)136(4)77(2)132-114)41-24-43-95(101)122(94)98-46-25-52-110-126(98)125-90-36-14-12-30-79(90)60-66-112(125)131(110)107-50-20-17-39-93(107)102-70-82(61-64-108(102)131)83-63-68-119-115(71-83)134-129(81-33-9-6-10-34-81)138(119)117-56-28-45-97-104(117)75-103-96(44-27-55-116(103)137-118-54-22-21-53-113(118)133-128(137)80-31-7-5-8-32-80)123(97)99-47-26-51-109-127(99)124-89-35-13-11-29-78(89)59-65-111(124)130(109)105-48-18-15-37-91(105)92-38-16-19-49-106(92)130/h5-75H,1-4H3. The SMILES string of the molecule is Cc1cc2ccc(-c3cccc4c(-c5cccc6c5-c5c(ccc7ccccc57)C65c6ccccc6-c6cc(-c7ccc8c(c7)nc(-c7ccccc7)n8-c7cccc8c(-c9cccc%10c9-c9c(ccc%11ccccc9%11)C%109c%10ccccc%10-c%10ccccc%109)c9cccc(-n%10c(-c%11ccccc%11)nc%11ccccc%11%10)c9cc78)ccc65)c5cccc(-c6ccc7nc(C)n(C)c7c6)c5cc34)cc2n1C. The van der Waals surface area contributed by atoms with Crippen molar-refractivity contribution >= 4 is 109 Å². The fourth-order valence-corrected chi connectivity index (χ4v) is 25.8. The minimum absolute atomic E-state index is 0.610. The van der Waals surface area contributed by atoms with Crippen molar-refractivity contribution in [1.29, 1.82) is 0 Å². The summed E-state index contributed by atoms with van der Waals surface area (Å²) >= 11 is 0. The summed E-state index contributed by atoms with van der Waals surface area (Å²) in [6.07, 6.45) is 0. The van der Waals surface area contributed by atoms with Gasteiger partial charge >= 0.3 is 0 Å². The molecule has 4 aliphatic rings. The third-order valence-electron chi connectivity index (χ3n) is 31.8. The number of para-hydroxylation sites is 2. The van der Waals surface area contributed by atoms with E-state index in [0.717, 1.165) is 117 Å². The van der Waals surface area contributed by atoms with Gasteiger partial charge in [-0.05, 0) is 297 Å². The molecule has 30 rings (SSSR count). The smallest absolute Gasteiger partial charge is 0.145 e. The van der Waals surface area contributed by atoms with Crippen molar-refractivity contribution in [1.82, 2.24) is 33.2 Å². The van der Waals surface area contributed by atoms with Crippen LogP contribution in [0.2, 0.25) is 0 Å². The molecular formula is C131H83N7. The van der Waals surface area contributed by atoms with Crippen LogP contribution in [0.4, 0.5) is 0 Å². The molecule has 22 aromatic carbocycles. The Morgan fingerprint density at radius 2 is 0.587 bits per heavy atom. The maximum atomic E-state index is 5.94. The fourth-order valence-electron chi connectivity index (χ4n) is 25.8. The summed E-state index contributed by atoms with van der Waals surface area (Å²) in [6.45, 7) is 4.29. The van der Waals surface area contributed by atoms with Gasteiger partial charge in [0.2, 0.25) is 0 Å². The molecule has 138 heavy (non-hydrogen) atoms. The molecule has 26 aromatic rings. The molecule has 2 spiro atoms. The number of rotatable bonds is 9. The molecule has 4 aliphatic carbocycles. The maximum absolute atomic E-state index is 5.94. The van der Waals surface area contributed by atoms with Crippen molar-refractivity contribution in [2.24, 2.45) is 14.1 Å². The van der Waals surface area contributed by atoms with Gasteiger partial charge in [-0.25, -0.2) is 15.0 Å². The molecule has 4 heterocycles. The van der Waals surface area contributed by atoms with Crippen LogP contribution >= 0.6 is 0 Å². The molecule has 0 bridgehead atoms. The quantitative estimate of drug-likeness (QED) is 0.135. The zero-order valence-corrected chi connectivity index (χ0v) is 76.1. The van der Waals surface area contributed by atoms with Crippen molar-refractivity contribution in [2.45, 2.75) is 24.7 Å². The Morgan fingerprint density at radius 1 is 0.196 bits per heavy atom. The Morgan fingerprint density at radius 3 is 1.17 bits per heavy atom. The Labute approximate surface area is 796 Å². The summed E-state index contributed by atoms with van der Waals surface area (Å²) in [7, 11) is 4.32. The summed E-state index contributed by atoms with van der Waals surface area (Å²) in [5.41, 5.74) is 43.3. The summed E-state index contributed by atoms with van der Waals surface area (Å²) in [5, 5.41) is 15.4. The Hall–Kier alpha value is -17.7. The monoisotopic (exact) mass is 1750 g/mol. The summed E-state index contributed by atoms with van der Waals surface area (Å²) < 4.78 is 9.41. The van der Waals surface area contributed by atoms with Crippen LogP contribution in [0.3, 0.4) is 0 Å². The number of nitrogens with zero attached hydrogens (tertiary/aromatic N) is 7. The molecule has 0 saturated carbocycles. The van der Waals surface area contributed by atoms with Crippen LogP contribution in [0.25, 0.3) is 243 Å². The van der Waals surface area contributed by atoms with Crippen molar-refractivity contribution in [3.05, 3.63) is 487 Å². The van der Waals surface area contributed by atoms with Gasteiger partial charge in [-0.3, -0.25) is 9.13 Å². The predicted octanol–water partition coefficient (Wildman–Crippen LogP) is 32.6. The Kier molecular flexibility index (Phi) is 15.9. The lowest BCUT2D eigenvalue weighted by Crippen LogP contribution is -2.25. The fraction of sp³-hybridized carbons (Fsp3) is 0.0458. The van der Waals surface area contributed by atoms with Gasteiger partial charge in [0, 0.05) is 47.2 Å². The van der Waals surface area contributed by atoms with Gasteiger partial charge in [-0.15, -0.1) is 0 Å². The molecule has 0 N–H and O–H groups in total. The van der Waals surface area contributed by atoms with Crippen molar-refractivity contribution in [3.63, 3.8) is 0 Å². The zero-order chi connectivity index (χ0) is 90.8. The molecule has 0 radical (unpaired) electrons. The topological polar surface area (TPSA) is 58.4 Å². The highest BCUT2D eigenvalue weighted by atomic mass is 15.1. The summed E-state index contributed by atoms with van der Waals surface area (Å²) in [5.74, 6) is 2.72. The van der Waals surface area contributed by atoms with Crippen molar-refractivity contribution in [3.8, 4) is 134 Å². The second-order valence-corrected chi connectivity index (χ2v) is 38.3. The molecule has 642 valence electrons. The maximum Gasteiger partial charge on any atom is 0.145 e. The third-order valence-corrected chi connectivity index (χ3v) is 31.8. The van der Waals surface area contributed by atoms with Crippen LogP contribution in [0.15, 0.2) is 431 Å². The average molecular weight is 1760 g/mol. The summed E-state index contributed by atoms with van der Waals surface area (Å²) in [4.78, 5) is 16.5. The van der Waals surface area contributed by atoms with E-state index in [0.29, 0.717) is 0 Å². The van der Waals surface area contributed by atoms with E-state index in [9.17, 15) is 0 Å². The molecule has 7 nitrogen and oxygen atoms in total. The number of benzene rings is 22. The first-order chi connectivity index (χ1) is 68.1. The van der Waals surface area contributed by atoms with Crippen molar-refractivity contribution < 1.29 is 0 Å². The van der Waals surface area contributed by atoms with E-state index in [1.54, 1.807) is 0 Å². The molecule has 0 saturated heterocycles. The first kappa shape index (κ1) is 76.9. The Bertz CT molecular complexity index is 9730. The second kappa shape index (κ2) is 28.5. The van der Waals surface area contributed by atoms with Gasteiger partial charge in [-0.2, -0.15) is 0 Å². The van der Waals surface area contributed by atoms with Crippen LogP contribution < -0.4 is 0 Å². The van der Waals surface area contributed by atoms with Gasteiger partial charge in [0.15, 0.2) is 0 Å². The highest BCUT2D eigenvalue weighted by Gasteiger charge is 2.55. The number of fused-ring (bicyclic) bond motifs is 32. The van der Waals surface area contributed by atoms with E-state index in [4.69, 9.17) is 15.0 Å².